The average Bonchev–Trinajstić information content (AvgIpc) is 2.31. The highest BCUT2D eigenvalue weighted by Crippen LogP contribution is 2.65. The van der Waals surface area contributed by atoms with Crippen LogP contribution in [0.5, 0.6) is 0 Å². The van der Waals surface area contributed by atoms with E-state index in [2.05, 4.69) is 12.4 Å². The van der Waals surface area contributed by atoms with E-state index in [4.69, 9.17) is 9.57 Å². The average molecular weight is 267 g/mol. The van der Waals surface area contributed by atoms with E-state index >= 15 is 0 Å². The summed E-state index contributed by atoms with van der Waals surface area (Å²) in [6.07, 6.45) is 7.17. The summed E-state index contributed by atoms with van der Waals surface area (Å²) in [5, 5.41) is 0. The summed E-state index contributed by atoms with van der Waals surface area (Å²) in [4.78, 5) is 17.8. The molecule has 108 valence electrons. The number of hydrogen-bond acceptors (Lipinski definition) is 3. The minimum absolute atomic E-state index is 0.115. The molecule has 0 aromatic rings. The number of carbonyl (C=O) groups is 1. The van der Waals surface area contributed by atoms with Crippen LogP contribution in [0.4, 0.5) is 0 Å². The van der Waals surface area contributed by atoms with Crippen molar-refractivity contribution >= 4 is 5.91 Å². The molecule has 4 fully saturated rings. The molecule has 4 heteroatoms. The second kappa shape index (κ2) is 4.74. The summed E-state index contributed by atoms with van der Waals surface area (Å²) in [5.41, 5.74) is 2.92. The predicted molar refractivity (Wildman–Crippen MR) is 71.2 cm³/mol. The van der Waals surface area contributed by atoms with Crippen molar-refractivity contribution in [3.63, 3.8) is 0 Å². The fourth-order valence-electron chi connectivity index (χ4n) is 5.34. The number of methoxy groups -OCH3 is 1. The molecule has 1 N–H and O–H groups in total. The fourth-order valence-corrected chi connectivity index (χ4v) is 5.34. The van der Waals surface area contributed by atoms with Gasteiger partial charge in [0.2, 0.25) is 5.91 Å². The van der Waals surface area contributed by atoms with Crippen LogP contribution in [0.25, 0.3) is 0 Å². The molecule has 1 amide bonds. The first-order chi connectivity index (χ1) is 9.05. The third-order valence-electron chi connectivity index (χ3n) is 5.39. The summed E-state index contributed by atoms with van der Waals surface area (Å²) in [7, 11) is 1.63. The van der Waals surface area contributed by atoms with Crippen molar-refractivity contribution in [2.75, 3.05) is 20.3 Å². The van der Waals surface area contributed by atoms with E-state index in [1.54, 1.807) is 7.11 Å². The fraction of sp³-hybridized carbons (Fsp3) is 0.933. The van der Waals surface area contributed by atoms with Crippen LogP contribution in [-0.4, -0.2) is 26.2 Å². The molecular formula is C15H25NO3. The van der Waals surface area contributed by atoms with Crippen LogP contribution >= 0.6 is 0 Å². The van der Waals surface area contributed by atoms with Crippen molar-refractivity contribution in [1.29, 1.82) is 0 Å². The van der Waals surface area contributed by atoms with Gasteiger partial charge in [-0.2, -0.15) is 0 Å². The van der Waals surface area contributed by atoms with Gasteiger partial charge in [-0.05, 0) is 55.8 Å². The Labute approximate surface area is 115 Å². The maximum Gasteiger partial charge on any atom is 0.249 e. The van der Waals surface area contributed by atoms with Crippen LogP contribution in [0.2, 0.25) is 0 Å². The van der Waals surface area contributed by atoms with Gasteiger partial charge in [0.05, 0.1) is 18.6 Å². The molecule has 0 saturated heterocycles. The summed E-state index contributed by atoms with van der Waals surface area (Å²) in [6, 6.07) is 0. The molecule has 0 aromatic carbocycles. The van der Waals surface area contributed by atoms with E-state index < -0.39 is 0 Å². The van der Waals surface area contributed by atoms with Crippen molar-refractivity contribution in [2.45, 2.75) is 45.4 Å². The monoisotopic (exact) mass is 267 g/mol. The molecule has 19 heavy (non-hydrogen) atoms. The van der Waals surface area contributed by atoms with Crippen LogP contribution < -0.4 is 5.48 Å². The molecule has 4 aliphatic carbocycles. The molecule has 0 aromatic heterocycles. The van der Waals surface area contributed by atoms with Gasteiger partial charge in [-0.25, -0.2) is 5.48 Å². The summed E-state index contributed by atoms with van der Waals surface area (Å²) in [6.45, 7) is 3.30. The largest absolute Gasteiger partial charge is 0.382 e. The first kappa shape index (κ1) is 13.4. The Kier molecular flexibility index (Phi) is 3.34. The molecule has 2 atom stereocenters. The Morgan fingerprint density at radius 2 is 1.89 bits per heavy atom. The van der Waals surface area contributed by atoms with E-state index in [0.29, 0.717) is 18.6 Å². The highest BCUT2D eigenvalue weighted by atomic mass is 16.7. The second-order valence-electron chi connectivity index (χ2n) is 7.32. The van der Waals surface area contributed by atoms with Gasteiger partial charge in [-0.3, -0.25) is 9.63 Å². The maximum absolute atomic E-state index is 12.5. The molecule has 0 radical (unpaired) electrons. The number of hydroxylamine groups is 1. The molecule has 4 aliphatic rings. The van der Waals surface area contributed by atoms with E-state index in [1.807, 2.05) is 0 Å². The lowest BCUT2D eigenvalue weighted by molar-refractivity contribution is -0.167. The molecule has 4 saturated carbocycles. The lowest BCUT2D eigenvalue weighted by Gasteiger charge is -2.60. The summed E-state index contributed by atoms with van der Waals surface area (Å²) >= 11 is 0. The van der Waals surface area contributed by atoms with Crippen LogP contribution in [0, 0.1) is 22.7 Å². The molecular weight excluding hydrogens is 242 g/mol. The molecule has 0 heterocycles. The van der Waals surface area contributed by atoms with Gasteiger partial charge in [-0.15, -0.1) is 0 Å². The van der Waals surface area contributed by atoms with Gasteiger partial charge in [-0.1, -0.05) is 6.92 Å². The van der Waals surface area contributed by atoms with Gasteiger partial charge < -0.3 is 4.74 Å². The normalized spacial score (nSPS) is 43.5. The Hall–Kier alpha value is -0.610. The molecule has 4 bridgehead atoms. The smallest absolute Gasteiger partial charge is 0.249 e. The third kappa shape index (κ3) is 2.40. The van der Waals surface area contributed by atoms with Gasteiger partial charge in [0.1, 0.15) is 0 Å². The predicted octanol–water partition coefficient (Wildman–Crippen LogP) is 2.29. The zero-order chi connectivity index (χ0) is 13.5. The molecule has 0 aliphatic heterocycles. The van der Waals surface area contributed by atoms with Crippen molar-refractivity contribution in [3.05, 3.63) is 0 Å². The molecule has 4 rings (SSSR count). The Balaban J connectivity index is 1.64. The van der Waals surface area contributed by atoms with Crippen molar-refractivity contribution in [2.24, 2.45) is 22.7 Å². The van der Waals surface area contributed by atoms with E-state index in [9.17, 15) is 4.79 Å². The zero-order valence-electron chi connectivity index (χ0n) is 12.0. The minimum Gasteiger partial charge on any atom is -0.382 e. The number of rotatable bonds is 5. The SMILES string of the molecule is COCCONC(=O)C12CC3CC(CC(C)(C3)C1)C2. The minimum atomic E-state index is -0.147. The van der Waals surface area contributed by atoms with Gasteiger partial charge in [0.25, 0.3) is 0 Å². The van der Waals surface area contributed by atoms with Gasteiger partial charge in [0, 0.05) is 7.11 Å². The number of ether oxygens (including phenoxy) is 1. The molecule has 4 nitrogen and oxygen atoms in total. The Morgan fingerprint density at radius 1 is 1.21 bits per heavy atom. The second-order valence-corrected chi connectivity index (χ2v) is 7.32. The Bertz CT molecular complexity index is 354. The van der Waals surface area contributed by atoms with E-state index in [-0.39, 0.29) is 11.3 Å². The van der Waals surface area contributed by atoms with E-state index in [0.717, 1.165) is 31.1 Å². The van der Waals surface area contributed by atoms with Gasteiger partial charge in [0.15, 0.2) is 0 Å². The highest BCUT2D eigenvalue weighted by Gasteiger charge is 2.58. The number of amides is 1. The summed E-state index contributed by atoms with van der Waals surface area (Å²) < 4.78 is 4.91. The van der Waals surface area contributed by atoms with Crippen LogP contribution in [0.3, 0.4) is 0 Å². The quantitative estimate of drug-likeness (QED) is 0.614. The molecule has 2 unspecified atom stereocenters. The number of carbonyl (C=O) groups excluding carboxylic acids is 1. The maximum atomic E-state index is 12.5. The standard InChI is InChI=1S/C15H25NO3/c1-14-6-11-5-12(7-14)9-15(8-11,10-14)13(17)16-19-4-3-18-2/h11-12H,3-10H2,1-2H3,(H,16,17). The van der Waals surface area contributed by atoms with Crippen LogP contribution in [-0.2, 0) is 14.4 Å². The van der Waals surface area contributed by atoms with E-state index in [1.165, 1.54) is 19.3 Å². The van der Waals surface area contributed by atoms with Crippen molar-refractivity contribution in [3.8, 4) is 0 Å². The van der Waals surface area contributed by atoms with Crippen molar-refractivity contribution in [1.82, 2.24) is 5.48 Å². The number of hydrogen-bond donors (Lipinski definition) is 1. The van der Waals surface area contributed by atoms with Gasteiger partial charge >= 0.3 is 0 Å². The first-order valence-electron chi connectivity index (χ1n) is 7.46. The Morgan fingerprint density at radius 3 is 2.47 bits per heavy atom. The third-order valence-corrected chi connectivity index (χ3v) is 5.39. The molecule has 0 spiro atoms. The highest BCUT2D eigenvalue weighted by molar-refractivity contribution is 5.82. The van der Waals surface area contributed by atoms with Crippen molar-refractivity contribution < 1.29 is 14.4 Å². The first-order valence-corrected chi connectivity index (χ1v) is 7.46. The summed E-state index contributed by atoms with van der Waals surface area (Å²) in [5.74, 6) is 1.64. The van der Waals surface area contributed by atoms with Crippen LogP contribution in [0.15, 0.2) is 0 Å². The number of nitrogens with one attached hydrogen (secondary N) is 1. The van der Waals surface area contributed by atoms with Crippen LogP contribution in [0.1, 0.15) is 45.4 Å². The zero-order valence-corrected chi connectivity index (χ0v) is 12.0. The lowest BCUT2D eigenvalue weighted by atomic mass is 9.44. The topological polar surface area (TPSA) is 47.6 Å². The lowest BCUT2D eigenvalue weighted by Crippen LogP contribution is -2.56.